The maximum atomic E-state index is 13.2. The molecular weight excluding hydrogens is 327 g/mol. The van der Waals surface area contributed by atoms with E-state index >= 15 is 0 Å². The van der Waals surface area contributed by atoms with Crippen LogP contribution in [0, 0.1) is 5.82 Å². The second-order valence-corrected chi connectivity index (χ2v) is 6.49. The van der Waals surface area contributed by atoms with Crippen LogP contribution < -0.4 is 4.57 Å². The molecule has 1 heterocycles. The minimum absolute atomic E-state index is 0.0782. The van der Waals surface area contributed by atoms with Crippen LogP contribution in [0.15, 0.2) is 73.3 Å². The molecule has 0 radical (unpaired) electrons. The van der Waals surface area contributed by atoms with Crippen LogP contribution in [0.4, 0.5) is 4.39 Å². The number of aromatic nitrogens is 2. The number of ether oxygens (including phenoxy) is 1. The summed E-state index contributed by atoms with van der Waals surface area (Å²) in [6.07, 6.45) is 8.14. The fraction of sp³-hybridized carbons (Fsp3) is 0.318. The standard InChI is InChI=1S/C22H26FN2O/c1-2-16-26-22(20-8-10-21(23)11-9-20)17-25-15-14-24(18-25)13-12-19-6-4-3-5-7-19/h3-11,14-15,18,22H,2,12-13,16-17H2,1H3/q+1. The van der Waals surface area contributed by atoms with E-state index in [1.54, 1.807) is 0 Å². The zero-order chi connectivity index (χ0) is 18.2. The monoisotopic (exact) mass is 353 g/mol. The van der Waals surface area contributed by atoms with Crippen LogP contribution in [-0.2, 0) is 24.2 Å². The average molecular weight is 353 g/mol. The lowest BCUT2D eigenvalue weighted by Gasteiger charge is -2.16. The van der Waals surface area contributed by atoms with E-state index in [9.17, 15) is 4.39 Å². The van der Waals surface area contributed by atoms with Gasteiger partial charge in [0.1, 0.15) is 30.9 Å². The predicted molar refractivity (Wildman–Crippen MR) is 100 cm³/mol. The van der Waals surface area contributed by atoms with Crippen molar-refractivity contribution in [3.63, 3.8) is 0 Å². The second kappa shape index (κ2) is 9.30. The number of benzene rings is 2. The maximum absolute atomic E-state index is 13.2. The molecule has 0 N–H and O–H groups in total. The van der Waals surface area contributed by atoms with E-state index in [4.69, 9.17) is 4.74 Å². The van der Waals surface area contributed by atoms with Crippen LogP contribution in [0.5, 0.6) is 0 Å². The smallest absolute Gasteiger partial charge is 0.243 e. The highest BCUT2D eigenvalue weighted by molar-refractivity contribution is 5.18. The molecule has 0 fully saturated rings. The molecule has 3 rings (SSSR count). The summed E-state index contributed by atoms with van der Waals surface area (Å²) in [5.41, 5.74) is 2.34. The third-order valence-electron chi connectivity index (χ3n) is 4.39. The van der Waals surface area contributed by atoms with Crippen molar-refractivity contribution in [2.45, 2.75) is 39.0 Å². The molecule has 0 spiro atoms. The van der Waals surface area contributed by atoms with Gasteiger partial charge in [-0.25, -0.2) is 13.5 Å². The first kappa shape index (κ1) is 18.3. The highest BCUT2D eigenvalue weighted by atomic mass is 19.1. The molecule has 3 nitrogen and oxygen atoms in total. The molecule has 2 aromatic carbocycles. The first-order valence-electron chi connectivity index (χ1n) is 9.20. The molecule has 1 atom stereocenters. The Bertz CT molecular complexity index is 783. The summed E-state index contributed by atoms with van der Waals surface area (Å²) in [6, 6.07) is 17.1. The van der Waals surface area contributed by atoms with Gasteiger partial charge < -0.3 is 4.74 Å². The summed E-state index contributed by atoms with van der Waals surface area (Å²) in [5, 5.41) is 0. The Morgan fingerprint density at radius 2 is 1.85 bits per heavy atom. The predicted octanol–water partition coefficient (Wildman–Crippen LogP) is 4.33. The van der Waals surface area contributed by atoms with Gasteiger partial charge in [-0.05, 0) is 29.7 Å². The molecule has 1 aromatic heterocycles. The topological polar surface area (TPSA) is 18.0 Å². The molecular formula is C22H26FN2O+. The minimum Gasteiger partial charge on any atom is -0.369 e. The number of hydrogen-bond donors (Lipinski definition) is 0. The Labute approximate surface area is 154 Å². The van der Waals surface area contributed by atoms with E-state index in [2.05, 4.69) is 59.0 Å². The molecule has 3 aromatic rings. The highest BCUT2D eigenvalue weighted by Gasteiger charge is 2.16. The summed E-state index contributed by atoms with van der Waals surface area (Å²) >= 11 is 0. The van der Waals surface area contributed by atoms with Gasteiger partial charge in [-0.2, -0.15) is 0 Å². The van der Waals surface area contributed by atoms with Gasteiger partial charge in [-0.1, -0.05) is 49.4 Å². The Hall–Kier alpha value is -2.46. The molecule has 0 aliphatic carbocycles. The first-order chi connectivity index (χ1) is 12.7. The normalized spacial score (nSPS) is 12.2. The van der Waals surface area contributed by atoms with Gasteiger partial charge in [-0.15, -0.1) is 0 Å². The zero-order valence-electron chi connectivity index (χ0n) is 15.2. The molecule has 0 saturated carbocycles. The molecule has 1 unspecified atom stereocenters. The number of halogens is 1. The summed E-state index contributed by atoms with van der Waals surface area (Å²) in [6.45, 7) is 4.43. The van der Waals surface area contributed by atoms with E-state index in [1.165, 1.54) is 17.7 Å². The number of aryl methyl sites for hydroxylation is 2. The lowest BCUT2D eigenvalue weighted by molar-refractivity contribution is -0.704. The number of rotatable bonds is 9. The van der Waals surface area contributed by atoms with E-state index in [1.807, 2.05) is 18.2 Å². The van der Waals surface area contributed by atoms with Gasteiger partial charge >= 0.3 is 0 Å². The largest absolute Gasteiger partial charge is 0.369 e. The molecule has 0 aliphatic heterocycles. The molecule has 26 heavy (non-hydrogen) atoms. The van der Waals surface area contributed by atoms with E-state index < -0.39 is 0 Å². The van der Waals surface area contributed by atoms with Gasteiger partial charge in [0, 0.05) is 13.0 Å². The summed E-state index contributed by atoms with van der Waals surface area (Å²) in [7, 11) is 0. The second-order valence-electron chi connectivity index (χ2n) is 6.49. The van der Waals surface area contributed by atoms with Crippen LogP contribution in [-0.4, -0.2) is 11.2 Å². The van der Waals surface area contributed by atoms with Crippen molar-refractivity contribution in [3.8, 4) is 0 Å². The summed E-state index contributed by atoms with van der Waals surface area (Å²) < 4.78 is 23.5. The molecule has 0 aliphatic rings. The molecule has 0 saturated heterocycles. The first-order valence-corrected chi connectivity index (χ1v) is 9.20. The van der Waals surface area contributed by atoms with Crippen LogP contribution in [0.2, 0.25) is 0 Å². The van der Waals surface area contributed by atoms with E-state index in [0.29, 0.717) is 13.2 Å². The van der Waals surface area contributed by atoms with Gasteiger partial charge in [0.05, 0.1) is 6.54 Å². The SMILES string of the molecule is CCCOC(C[n+]1ccn(CCc2ccccc2)c1)c1ccc(F)cc1. The van der Waals surface area contributed by atoms with Crippen LogP contribution >= 0.6 is 0 Å². The van der Waals surface area contributed by atoms with Gasteiger partial charge in [0.25, 0.3) is 0 Å². The lowest BCUT2D eigenvalue weighted by atomic mass is 10.1. The van der Waals surface area contributed by atoms with Crippen molar-refractivity contribution in [2.75, 3.05) is 6.61 Å². The third kappa shape index (κ3) is 5.27. The minimum atomic E-state index is -0.220. The maximum Gasteiger partial charge on any atom is 0.243 e. The summed E-state index contributed by atoms with van der Waals surface area (Å²) in [5.74, 6) is -0.220. The van der Waals surface area contributed by atoms with Crippen molar-refractivity contribution in [2.24, 2.45) is 0 Å². The number of nitrogens with zero attached hydrogens (tertiary/aromatic N) is 2. The fourth-order valence-corrected chi connectivity index (χ4v) is 2.97. The number of hydrogen-bond acceptors (Lipinski definition) is 1. The van der Waals surface area contributed by atoms with Crippen molar-refractivity contribution in [1.29, 1.82) is 0 Å². The Morgan fingerprint density at radius 3 is 2.58 bits per heavy atom. The van der Waals surface area contributed by atoms with Crippen molar-refractivity contribution in [1.82, 2.24) is 4.57 Å². The van der Waals surface area contributed by atoms with Crippen LogP contribution in [0.25, 0.3) is 0 Å². The van der Waals surface area contributed by atoms with Gasteiger partial charge in [0.15, 0.2) is 0 Å². The van der Waals surface area contributed by atoms with E-state index in [-0.39, 0.29) is 11.9 Å². The van der Waals surface area contributed by atoms with Gasteiger partial charge in [-0.3, -0.25) is 0 Å². The van der Waals surface area contributed by atoms with E-state index in [0.717, 1.165) is 24.9 Å². The van der Waals surface area contributed by atoms with Crippen molar-refractivity contribution < 1.29 is 13.7 Å². The molecule has 4 heteroatoms. The lowest BCUT2D eigenvalue weighted by Crippen LogP contribution is -2.35. The molecule has 136 valence electrons. The fourth-order valence-electron chi connectivity index (χ4n) is 2.97. The molecule has 0 bridgehead atoms. The summed E-state index contributed by atoms with van der Waals surface area (Å²) in [4.78, 5) is 0. The highest BCUT2D eigenvalue weighted by Crippen LogP contribution is 2.18. The Morgan fingerprint density at radius 1 is 1.08 bits per heavy atom. The number of imidazole rings is 1. The Kier molecular flexibility index (Phi) is 6.56. The quantitative estimate of drug-likeness (QED) is 0.524. The average Bonchev–Trinajstić information content (AvgIpc) is 3.12. The zero-order valence-corrected chi connectivity index (χ0v) is 15.2. The van der Waals surface area contributed by atoms with Crippen LogP contribution in [0.3, 0.4) is 0 Å². The Balaban J connectivity index is 1.63. The third-order valence-corrected chi connectivity index (χ3v) is 4.39. The molecule has 0 amide bonds. The van der Waals surface area contributed by atoms with Crippen molar-refractivity contribution >= 4 is 0 Å². The van der Waals surface area contributed by atoms with Crippen molar-refractivity contribution in [3.05, 3.63) is 90.3 Å². The van der Waals surface area contributed by atoms with Gasteiger partial charge in [0.2, 0.25) is 6.33 Å². The van der Waals surface area contributed by atoms with Crippen LogP contribution in [0.1, 0.15) is 30.6 Å².